The molecule has 0 radical (unpaired) electrons. The van der Waals surface area contributed by atoms with E-state index in [0.717, 1.165) is 6.04 Å². The quantitative estimate of drug-likeness (QED) is 0.824. The predicted molar refractivity (Wildman–Crippen MR) is 75.8 cm³/mol. The van der Waals surface area contributed by atoms with Crippen LogP contribution in [-0.4, -0.2) is 48.6 Å². The van der Waals surface area contributed by atoms with E-state index in [1.165, 1.54) is 50.5 Å². The van der Waals surface area contributed by atoms with Gasteiger partial charge in [-0.05, 0) is 37.5 Å². The molecule has 0 saturated carbocycles. The Balaban J connectivity index is 0.00000128. The summed E-state index contributed by atoms with van der Waals surface area (Å²) in [5.74, 6) is 2.68. The molecule has 4 heteroatoms. The second kappa shape index (κ2) is 6.48. The lowest BCUT2D eigenvalue weighted by molar-refractivity contribution is 0.144. The Hall–Kier alpha value is 0.560. The number of nitrogens with zero attached hydrogens (tertiary/aromatic N) is 1. The van der Waals surface area contributed by atoms with Crippen LogP contribution in [0.15, 0.2) is 0 Å². The van der Waals surface area contributed by atoms with Crippen molar-refractivity contribution in [1.82, 2.24) is 10.2 Å². The molecule has 0 aromatic heterocycles. The Morgan fingerprint density at radius 2 is 2.25 bits per heavy atom. The van der Waals surface area contributed by atoms with Crippen molar-refractivity contribution in [3.05, 3.63) is 0 Å². The first-order chi connectivity index (χ1) is 7.20. The number of hydrogen-bond donors (Lipinski definition) is 1. The molecule has 1 N–H and O–H groups in total. The molecule has 2 fully saturated rings. The maximum atomic E-state index is 3.50. The molecule has 0 bridgehead atoms. The fourth-order valence-corrected chi connectivity index (χ4v) is 3.75. The van der Waals surface area contributed by atoms with E-state index in [1.54, 1.807) is 0 Å². The summed E-state index contributed by atoms with van der Waals surface area (Å²) in [7, 11) is 0. The van der Waals surface area contributed by atoms with E-state index in [0.29, 0.717) is 5.41 Å². The second-order valence-corrected chi connectivity index (χ2v) is 6.68. The van der Waals surface area contributed by atoms with Crippen molar-refractivity contribution < 1.29 is 0 Å². The Bertz CT molecular complexity index is 207. The molecule has 0 spiro atoms. The third-order valence-electron chi connectivity index (χ3n) is 3.87. The monoisotopic (exact) mass is 264 g/mol. The molecule has 2 saturated heterocycles. The van der Waals surface area contributed by atoms with Gasteiger partial charge in [0.25, 0.3) is 0 Å². The summed E-state index contributed by atoms with van der Waals surface area (Å²) in [6.45, 7) is 9.86. The van der Waals surface area contributed by atoms with Gasteiger partial charge in [0.05, 0.1) is 0 Å². The molecule has 2 aliphatic heterocycles. The SMILES string of the molecule is CC1CCSCCN1CC1(C)CCNC1.Cl. The molecule has 96 valence electrons. The van der Waals surface area contributed by atoms with Crippen molar-refractivity contribution in [2.75, 3.05) is 37.7 Å². The number of rotatable bonds is 2. The molecule has 2 nitrogen and oxygen atoms in total. The van der Waals surface area contributed by atoms with Gasteiger partial charge in [-0.3, -0.25) is 4.90 Å². The minimum Gasteiger partial charge on any atom is -0.316 e. The number of halogens is 1. The molecule has 2 unspecified atom stereocenters. The second-order valence-electron chi connectivity index (χ2n) is 5.46. The fraction of sp³-hybridized carbons (Fsp3) is 1.00. The predicted octanol–water partition coefficient (Wildman–Crippen LogP) is 2.24. The van der Waals surface area contributed by atoms with Crippen molar-refractivity contribution in [2.24, 2.45) is 5.41 Å². The Morgan fingerprint density at radius 3 is 2.94 bits per heavy atom. The summed E-state index contributed by atoms with van der Waals surface area (Å²) in [5, 5.41) is 3.50. The third-order valence-corrected chi connectivity index (χ3v) is 4.86. The summed E-state index contributed by atoms with van der Waals surface area (Å²) < 4.78 is 0. The standard InChI is InChI=1S/C12H24N2S.ClH/c1-11-3-7-15-8-6-14(11)10-12(2)4-5-13-9-12;/h11,13H,3-10H2,1-2H3;1H. The van der Waals surface area contributed by atoms with Crippen LogP contribution >= 0.6 is 24.2 Å². The first kappa shape index (κ1) is 14.6. The molecule has 2 heterocycles. The number of hydrogen-bond acceptors (Lipinski definition) is 3. The lowest BCUT2D eigenvalue weighted by Gasteiger charge is -2.34. The van der Waals surface area contributed by atoms with Gasteiger partial charge in [0.2, 0.25) is 0 Å². The largest absolute Gasteiger partial charge is 0.316 e. The van der Waals surface area contributed by atoms with Gasteiger partial charge in [-0.15, -0.1) is 12.4 Å². The fourth-order valence-electron chi connectivity index (χ4n) is 2.67. The van der Waals surface area contributed by atoms with Crippen LogP contribution in [0.3, 0.4) is 0 Å². The van der Waals surface area contributed by atoms with E-state index < -0.39 is 0 Å². The molecule has 2 atom stereocenters. The lowest BCUT2D eigenvalue weighted by atomic mass is 9.88. The lowest BCUT2D eigenvalue weighted by Crippen LogP contribution is -2.42. The van der Waals surface area contributed by atoms with Crippen LogP contribution in [0.4, 0.5) is 0 Å². The maximum absolute atomic E-state index is 3.50. The van der Waals surface area contributed by atoms with Gasteiger partial charge in [0.1, 0.15) is 0 Å². The Labute approximate surface area is 110 Å². The molecule has 2 rings (SSSR count). The van der Waals surface area contributed by atoms with Gasteiger partial charge in [-0.2, -0.15) is 11.8 Å². The highest BCUT2D eigenvalue weighted by Crippen LogP contribution is 2.28. The minimum absolute atomic E-state index is 0. The van der Waals surface area contributed by atoms with Crippen LogP contribution in [0.5, 0.6) is 0 Å². The summed E-state index contributed by atoms with van der Waals surface area (Å²) in [5.41, 5.74) is 0.531. The highest BCUT2D eigenvalue weighted by molar-refractivity contribution is 7.99. The molecule has 0 aromatic rings. The summed E-state index contributed by atoms with van der Waals surface area (Å²) in [6, 6.07) is 0.789. The van der Waals surface area contributed by atoms with Crippen LogP contribution in [0.2, 0.25) is 0 Å². The van der Waals surface area contributed by atoms with E-state index in [-0.39, 0.29) is 12.4 Å². The highest BCUT2D eigenvalue weighted by Gasteiger charge is 2.32. The number of thioether (sulfide) groups is 1. The molecule has 2 aliphatic rings. The molecular weight excluding hydrogens is 240 g/mol. The van der Waals surface area contributed by atoms with Crippen molar-refractivity contribution in [2.45, 2.75) is 32.7 Å². The van der Waals surface area contributed by atoms with Gasteiger partial charge >= 0.3 is 0 Å². The zero-order valence-corrected chi connectivity index (χ0v) is 12.1. The topological polar surface area (TPSA) is 15.3 Å². The zero-order valence-electron chi connectivity index (χ0n) is 10.5. The van der Waals surface area contributed by atoms with Crippen molar-refractivity contribution in [3.8, 4) is 0 Å². The normalized spacial score (nSPS) is 36.8. The molecule has 16 heavy (non-hydrogen) atoms. The van der Waals surface area contributed by atoms with Crippen molar-refractivity contribution in [3.63, 3.8) is 0 Å². The van der Waals surface area contributed by atoms with Crippen LogP contribution in [-0.2, 0) is 0 Å². The van der Waals surface area contributed by atoms with Gasteiger partial charge < -0.3 is 5.32 Å². The van der Waals surface area contributed by atoms with Crippen molar-refractivity contribution >= 4 is 24.2 Å². The molecule has 0 aromatic carbocycles. The Kier molecular flexibility index (Phi) is 5.92. The van der Waals surface area contributed by atoms with Crippen LogP contribution in [0.1, 0.15) is 26.7 Å². The first-order valence-corrected chi connectivity index (χ1v) is 7.38. The van der Waals surface area contributed by atoms with E-state index in [9.17, 15) is 0 Å². The van der Waals surface area contributed by atoms with Gasteiger partial charge in [-0.25, -0.2) is 0 Å². The minimum atomic E-state index is 0. The average Bonchev–Trinajstić information content (AvgIpc) is 2.53. The smallest absolute Gasteiger partial charge is 0.00754 e. The van der Waals surface area contributed by atoms with E-state index in [1.807, 2.05) is 0 Å². The molecule has 0 aliphatic carbocycles. The first-order valence-electron chi connectivity index (χ1n) is 6.22. The highest BCUT2D eigenvalue weighted by atomic mass is 35.5. The zero-order chi connectivity index (χ0) is 10.7. The average molecular weight is 265 g/mol. The summed E-state index contributed by atoms with van der Waals surface area (Å²) >= 11 is 2.12. The van der Waals surface area contributed by atoms with Gasteiger partial charge in [-0.1, -0.05) is 6.92 Å². The molecule has 0 amide bonds. The van der Waals surface area contributed by atoms with E-state index in [4.69, 9.17) is 0 Å². The Morgan fingerprint density at radius 1 is 1.44 bits per heavy atom. The van der Waals surface area contributed by atoms with Crippen LogP contribution in [0, 0.1) is 5.41 Å². The summed E-state index contributed by atoms with van der Waals surface area (Å²) in [6.07, 6.45) is 2.72. The van der Waals surface area contributed by atoms with Crippen LogP contribution in [0.25, 0.3) is 0 Å². The van der Waals surface area contributed by atoms with Crippen molar-refractivity contribution in [1.29, 1.82) is 0 Å². The molecular formula is C12H25ClN2S. The number of nitrogens with one attached hydrogen (secondary N) is 1. The summed E-state index contributed by atoms with van der Waals surface area (Å²) in [4.78, 5) is 2.72. The van der Waals surface area contributed by atoms with Crippen LogP contribution < -0.4 is 5.32 Å². The van der Waals surface area contributed by atoms with Gasteiger partial charge in [0.15, 0.2) is 0 Å². The maximum Gasteiger partial charge on any atom is 0.00754 e. The van der Waals surface area contributed by atoms with E-state index >= 15 is 0 Å². The van der Waals surface area contributed by atoms with E-state index in [2.05, 4.69) is 35.8 Å². The third kappa shape index (κ3) is 3.80. The van der Waals surface area contributed by atoms with Gasteiger partial charge in [0, 0.05) is 31.4 Å².